The molecule has 3 nitrogen and oxygen atoms in total. The van der Waals surface area contributed by atoms with Crippen LogP contribution in [0, 0.1) is 0 Å². The first-order chi connectivity index (χ1) is 8.69. The molecule has 0 aromatic heterocycles. The fourth-order valence-electron chi connectivity index (χ4n) is 2.00. The summed E-state index contributed by atoms with van der Waals surface area (Å²) >= 11 is 0.822. The summed E-state index contributed by atoms with van der Waals surface area (Å²) in [5, 5.41) is 9.95. The Hall–Kier alpha value is -1.67. The molecule has 0 saturated heterocycles. The first kappa shape index (κ1) is 11.4. The summed E-state index contributed by atoms with van der Waals surface area (Å²) in [6.07, 6.45) is 1.78. The van der Waals surface area contributed by atoms with Crippen molar-refractivity contribution in [3.05, 3.63) is 54.1 Å². The Bertz CT molecular complexity index is 627. The molecule has 4 heteroatoms. The summed E-state index contributed by atoms with van der Waals surface area (Å²) in [7, 11) is 0. The van der Waals surface area contributed by atoms with Crippen molar-refractivity contribution in [2.75, 3.05) is 0 Å². The van der Waals surface area contributed by atoms with Gasteiger partial charge in [-0.05, 0) is 0 Å². The van der Waals surface area contributed by atoms with Crippen molar-refractivity contribution < 1.29 is 28.1 Å². The van der Waals surface area contributed by atoms with E-state index in [1.165, 1.54) is 0 Å². The van der Waals surface area contributed by atoms with Gasteiger partial charge in [-0.15, -0.1) is 0 Å². The third kappa shape index (κ3) is 1.83. The number of rotatable bonds is 1. The molecule has 1 atom stereocenters. The SMILES string of the molecule is Oc1ccccc1[C]1([Zn])C=Nc2ccccc2O1. The predicted octanol–water partition coefficient (Wildman–Crippen LogP) is 2.89. The fourth-order valence-corrected chi connectivity index (χ4v) is 3.15. The Morgan fingerprint density at radius 2 is 1.78 bits per heavy atom. The molecule has 0 amide bonds. The molecule has 0 aliphatic carbocycles. The van der Waals surface area contributed by atoms with Gasteiger partial charge >= 0.3 is 115 Å². The van der Waals surface area contributed by atoms with Crippen LogP contribution in [0.15, 0.2) is 53.5 Å². The average molecular weight is 290 g/mol. The van der Waals surface area contributed by atoms with Crippen molar-refractivity contribution >= 4 is 11.9 Å². The van der Waals surface area contributed by atoms with E-state index >= 15 is 0 Å². The summed E-state index contributed by atoms with van der Waals surface area (Å²) < 4.78 is 5.42. The van der Waals surface area contributed by atoms with Crippen molar-refractivity contribution in [1.82, 2.24) is 0 Å². The molecule has 2 aromatic carbocycles. The van der Waals surface area contributed by atoms with E-state index in [9.17, 15) is 5.11 Å². The van der Waals surface area contributed by atoms with E-state index in [1.54, 1.807) is 18.3 Å². The molecule has 0 radical (unpaired) electrons. The van der Waals surface area contributed by atoms with Crippen LogP contribution >= 0.6 is 0 Å². The van der Waals surface area contributed by atoms with E-state index in [0.29, 0.717) is 0 Å². The van der Waals surface area contributed by atoms with Gasteiger partial charge in [0.2, 0.25) is 0 Å². The number of hydrogen-bond acceptors (Lipinski definition) is 3. The van der Waals surface area contributed by atoms with E-state index in [4.69, 9.17) is 4.74 Å². The van der Waals surface area contributed by atoms with Crippen molar-refractivity contribution in [1.29, 1.82) is 0 Å². The van der Waals surface area contributed by atoms with Gasteiger partial charge in [0, 0.05) is 0 Å². The summed E-state index contributed by atoms with van der Waals surface area (Å²) in [5.41, 5.74) is 1.60. The number of phenols is 1. The van der Waals surface area contributed by atoms with Gasteiger partial charge in [0.1, 0.15) is 0 Å². The van der Waals surface area contributed by atoms with Crippen LogP contribution in [0.1, 0.15) is 5.56 Å². The van der Waals surface area contributed by atoms with Crippen molar-refractivity contribution in [3.63, 3.8) is 0 Å². The standard InChI is InChI=1S/C14H10NO2.Zn/c16-12-7-3-1-5-10(12)14-9-15-11-6-2-4-8-13(11)17-14;/h1-9,16H;. The molecule has 2 aromatic rings. The second-order valence-electron chi connectivity index (χ2n) is 4.23. The Morgan fingerprint density at radius 3 is 2.61 bits per heavy atom. The van der Waals surface area contributed by atoms with Gasteiger partial charge in [-0.25, -0.2) is 0 Å². The maximum absolute atomic E-state index is 9.95. The summed E-state index contributed by atoms with van der Waals surface area (Å²) in [6, 6.07) is 14.9. The minimum absolute atomic E-state index is 0.245. The van der Waals surface area contributed by atoms with Gasteiger partial charge in [0.05, 0.1) is 0 Å². The molecule has 1 heterocycles. The van der Waals surface area contributed by atoms with Gasteiger partial charge in [-0.1, -0.05) is 0 Å². The normalized spacial score (nSPS) is 21.2. The first-order valence-corrected chi connectivity index (χ1v) is 7.14. The zero-order valence-electron chi connectivity index (χ0n) is 9.71. The number of aromatic hydroxyl groups is 1. The van der Waals surface area contributed by atoms with Crippen LogP contribution in [0.4, 0.5) is 5.69 Å². The summed E-state index contributed by atoms with van der Waals surface area (Å²) in [4.78, 5) is 4.43. The van der Waals surface area contributed by atoms with Crippen LogP contribution in [-0.2, 0) is 22.5 Å². The summed E-state index contributed by atoms with van der Waals surface area (Å²) in [6.45, 7) is 0. The summed E-state index contributed by atoms with van der Waals surface area (Å²) in [5.74, 6) is 1.00. The van der Waals surface area contributed by atoms with E-state index in [2.05, 4.69) is 4.99 Å². The van der Waals surface area contributed by atoms with Gasteiger partial charge in [0.25, 0.3) is 0 Å². The van der Waals surface area contributed by atoms with E-state index < -0.39 is 4.20 Å². The molecule has 0 spiro atoms. The molecule has 1 unspecified atom stereocenters. The number of aliphatic imine (C=N–C) groups is 1. The van der Waals surface area contributed by atoms with Gasteiger partial charge < -0.3 is 0 Å². The maximum atomic E-state index is 9.95. The zero-order chi connectivity index (χ0) is 12.6. The number of benzene rings is 2. The number of para-hydroxylation sites is 3. The predicted molar refractivity (Wildman–Crippen MR) is 65.0 cm³/mol. The third-order valence-electron chi connectivity index (χ3n) is 2.93. The van der Waals surface area contributed by atoms with Gasteiger partial charge in [-0.2, -0.15) is 0 Å². The molecular formula is C14H10NO2Zn. The molecule has 0 fully saturated rings. The molecule has 0 saturated carbocycles. The van der Waals surface area contributed by atoms with Crippen LogP contribution in [0.5, 0.6) is 11.5 Å². The molecule has 0 bridgehead atoms. The van der Waals surface area contributed by atoms with E-state index in [1.807, 2.05) is 36.4 Å². The average Bonchev–Trinajstić information content (AvgIpc) is 2.39. The van der Waals surface area contributed by atoms with Crippen molar-refractivity contribution in [2.24, 2.45) is 4.99 Å². The number of fused-ring (bicyclic) bond motifs is 1. The third-order valence-corrected chi connectivity index (χ3v) is 4.41. The second kappa shape index (κ2) is 4.22. The topological polar surface area (TPSA) is 41.8 Å². The zero-order valence-corrected chi connectivity index (χ0v) is 12.7. The van der Waals surface area contributed by atoms with E-state index in [0.717, 1.165) is 35.3 Å². The Kier molecular flexibility index (Phi) is 2.68. The van der Waals surface area contributed by atoms with Crippen LogP contribution in [0.25, 0.3) is 0 Å². The molecule has 3 rings (SSSR count). The molecular weight excluding hydrogens is 280 g/mol. The monoisotopic (exact) mass is 288 g/mol. The molecule has 1 aliphatic rings. The van der Waals surface area contributed by atoms with Gasteiger partial charge in [-0.3, -0.25) is 0 Å². The quantitative estimate of drug-likeness (QED) is 0.820. The number of ether oxygens (including phenoxy) is 1. The minimum atomic E-state index is -0.611. The van der Waals surface area contributed by atoms with Crippen molar-refractivity contribution in [3.8, 4) is 11.5 Å². The number of phenolic OH excluding ortho intramolecular Hbond substituents is 1. The molecule has 1 aliphatic heterocycles. The Morgan fingerprint density at radius 1 is 1.06 bits per heavy atom. The van der Waals surface area contributed by atoms with Crippen LogP contribution in [-0.4, -0.2) is 11.3 Å². The molecule has 85 valence electrons. The number of nitrogens with zero attached hydrogens (tertiary/aromatic N) is 1. The van der Waals surface area contributed by atoms with Crippen LogP contribution in [0.3, 0.4) is 0 Å². The number of hydrogen-bond donors (Lipinski definition) is 1. The fraction of sp³-hybridized carbons (Fsp3) is 0.0714. The Labute approximate surface area is 115 Å². The van der Waals surface area contributed by atoms with Crippen LogP contribution < -0.4 is 4.74 Å². The van der Waals surface area contributed by atoms with Crippen molar-refractivity contribution in [2.45, 2.75) is 4.20 Å². The molecule has 18 heavy (non-hydrogen) atoms. The Balaban J connectivity index is 2.08. The van der Waals surface area contributed by atoms with Gasteiger partial charge in [0.15, 0.2) is 0 Å². The second-order valence-corrected chi connectivity index (χ2v) is 6.44. The van der Waals surface area contributed by atoms with Crippen LogP contribution in [0.2, 0.25) is 0 Å². The van der Waals surface area contributed by atoms with E-state index in [-0.39, 0.29) is 5.75 Å². The molecule has 1 N–H and O–H groups in total. The first-order valence-electron chi connectivity index (χ1n) is 5.66.